The summed E-state index contributed by atoms with van der Waals surface area (Å²) in [5.41, 5.74) is 5.99. The summed E-state index contributed by atoms with van der Waals surface area (Å²) in [6.45, 7) is 12.1. The molecule has 2 heterocycles. The number of fused-ring (bicyclic) bond motifs is 2. The number of hydrogen-bond donors (Lipinski definition) is 1. The number of rotatable bonds is 8. The Kier molecular flexibility index (Phi) is 7.51. The van der Waals surface area contributed by atoms with Crippen LogP contribution in [0.15, 0.2) is 47.4 Å². The molecule has 37 heavy (non-hydrogen) atoms. The minimum Gasteiger partial charge on any atom is -0.350 e. The van der Waals surface area contributed by atoms with Crippen LogP contribution in [0.25, 0.3) is 21.9 Å². The highest BCUT2D eigenvalue weighted by Crippen LogP contribution is 2.28. The molecule has 2 aromatic heterocycles. The summed E-state index contributed by atoms with van der Waals surface area (Å²) >= 11 is 0. The second-order valence-electron chi connectivity index (χ2n) is 11.0. The van der Waals surface area contributed by atoms with Crippen LogP contribution in [0.2, 0.25) is 0 Å². The standard InChI is InChI=1S/C29H38N4O3S/c1-8-10-22(16-26(34)30-37(36)29(4,5)6)33-25-15-19(2)13-14-23(25)32(28(33)35)18-21-17-31(7)24-12-9-11-20(3)27(21)24/h9,11-15,17,22H,8,10,16,18H2,1-7H3,(H,30,34). The van der Waals surface area contributed by atoms with Crippen LogP contribution < -0.4 is 10.4 Å². The Morgan fingerprint density at radius 1 is 1.08 bits per heavy atom. The second-order valence-corrected chi connectivity index (χ2v) is 13.0. The molecule has 0 bridgehead atoms. The van der Waals surface area contributed by atoms with E-state index >= 15 is 0 Å². The fourth-order valence-electron chi connectivity index (χ4n) is 5.09. The molecule has 7 nitrogen and oxygen atoms in total. The fraction of sp³-hybridized carbons (Fsp3) is 0.448. The summed E-state index contributed by atoms with van der Waals surface area (Å²) in [5, 5.41) is 1.17. The first-order valence-corrected chi connectivity index (χ1v) is 14.0. The van der Waals surface area contributed by atoms with E-state index in [1.54, 1.807) is 4.57 Å². The van der Waals surface area contributed by atoms with Gasteiger partial charge < -0.3 is 4.57 Å². The van der Waals surface area contributed by atoms with Gasteiger partial charge in [0.05, 0.1) is 22.3 Å². The summed E-state index contributed by atoms with van der Waals surface area (Å²) in [6, 6.07) is 11.9. The van der Waals surface area contributed by atoms with Crippen LogP contribution in [0.3, 0.4) is 0 Å². The number of aromatic nitrogens is 3. The molecule has 4 rings (SSSR count). The number of aryl methyl sites for hydroxylation is 3. The van der Waals surface area contributed by atoms with Gasteiger partial charge in [0, 0.05) is 36.6 Å². The third kappa shape index (κ3) is 5.30. The summed E-state index contributed by atoms with van der Waals surface area (Å²) in [6.07, 6.45) is 3.67. The normalized spacial score (nSPS) is 13.8. The van der Waals surface area contributed by atoms with E-state index in [0.717, 1.165) is 34.1 Å². The molecule has 1 amide bonds. The van der Waals surface area contributed by atoms with E-state index in [2.05, 4.69) is 40.6 Å². The minimum absolute atomic E-state index is 0.0933. The maximum atomic E-state index is 14.0. The largest absolute Gasteiger partial charge is 0.350 e. The van der Waals surface area contributed by atoms with Crippen molar-refractivity contribution in [3.63, 3.8) is 0 Å². The van der Waals surface area contributed by atoms with Gasteiger partial charge >= 0.3 is 5.69 Å². The van der Waals surface area contributed by atoms with E-state index < -0.39 is 15.7 Å². The molecule has 0 radical (unpaired) electrons. The van der Waals surface area contributed by atoms with Crippen LogP contribution in [0.5, 0.6) is 0 Å². The van der Waals surface area contributed by atoms with Gasteiger partial charge in [-0.1, -0.05) is 31.5 Å². The van der Waals surface area contributed by atoms with Gasteiger partial charge in [0.1, 0.15) is 11.0 Å². The Balaban J connectivity index is 1.80. The maximum Gasteiger partial charge on any atom is 0.329 e. The molecule has 0 fully saturated rings. The second kappa shape index (κ2) is 10.3. The van der Waals surface area contributed by atoms with E-state index in [1.165, 1.54) is 10.9 Å². The molecule has 0 aliphatic carbocycles. The van der Waals surface area contributed by atoms with Crippen molar-refractivity contribution in [3.05, 3.63) is 69.8 Å². The van der Waals surface area contributed by atoms with E-state index in [0.29, 0.717) is 13.0 Å². The van der Waals surface area contributed by atoms with Gasteiger partial charge in [0.15, 0.2) is 0 Å². The highest BCUT2D eigenvalue weighted by Gasteiger charge is 2.26. The number of carbonyl (C=O) groups is 1. The average molecular weight is 523 g/mol. The van der Waals surface area contributed by atoms with E-state index in [1.807, 2.05) is 64.4 Å². The molecular formula is C29H38N4O3S. The lowest BCUT2D eigenvalue weighted by molar-refractivity contribution is -0.120. The van der Waals surface area contributed by atoms with Crippen molar-refractivity contribution in [2.75, 3.05) is 0 Å². The quantitative estimate of drug-likeness (QED) is 0.342. The van der Waals surface area contributed by atoms with E-state index in [4.69, 9.17) is 0 Å². The topological polar surface area (TPSA) is 78.0 Å². The number of amides is 1. The lowest BCUT2D eigenvalue weighted by Gasteiger charge is -2.21. The highest BCUT2D eigenvalue weighted by molar-refractivity contribution is 7.85. The number of nitrogens with one attached hydrogen (secondary N) is 1. The first-order valence-electron chi connectivity index (χ1n) is 12.9. The molecular weight excluding hydrogens is 484 g/mol. The van der Waals surface area contributed by atoms with Gasteiger partial charge in [-0.05, 0) is 75.9 Å². The molecule has 0 aliphatic heterocycles. The molecule has 4 aromatic rings. The monoisotopic (exact) mass is 522 g/mol. The SMILES string of the molecule is CCCC(CC(=O)NS(=O)C(C)(C)C)n1c(=O)n(Cc2cn(C)c3cccc(C)c23)c2ccc(C)cc21. The van der Waals surface area contributed by atoms with Crippen molar-refractivity contribution in [2.24, 2.45) is 7.05 Å². The van der Waals surface area contributed by atoms with Crippen molar-refractivity contribution in [1.82, 2.24) is 18.4 Å². The zero-order valence-electron chi connectivity index (χ0n) is 22.9. The number of imidazole rings is 1. The van der Waals surface area contributed by atoms with Gasteiger partial charge in [-0.3, -0.25) is 18.7 Å². The number of nitrogens with zero attached hydrogens (tertiary/aromatic N) is 3. The molecule has 2 aromatic carbocycles. The van der Waals surface area contributed by atoms with Crippen LogP contribution >= 0.6 is 0 Å². The molecule has 2 atom stereocenters. The average Bonchev–Trinajstić information content (AvgIpc) is 3.27. The highest BCUT2D eigenvalue weighted by atomic mass is 32.2. The van der Waals surface area contributed by atoms with Crippen molar-refractivity contribution >= 4 is 38.8 Å². The van der Waals surface area contributed by atoms with Crippen LogP contribution in [0.4, 0.5) is 0 Å². The molecule has 0 spiro atoms. The van der Waals surface area contributed by atoms with E-state index in [9.17, 15) is 13.8 Å². The molecule has 2 unspecified atom stereocenters. The van der Waals surface area contributed by atoms with Gasteiger partial charge in [0.25, 0.3) is 0 Å². The Labute approximate surface area is 221 Å². The van der Waals surface area contributed by atoms with Gasteiger partial charge in [-0.2, -0.15) is 0 Å². The molecule has 0 saturated carbocycles. The van der Waals surface area contributed by atoms with Gasteiger partial charge in [0.2, 0.25) is 5.91 Å². The predicted octanol–water partition coefficient (Wildman–Crippen LogP) is 5.27. The Bertz CT molecular complexity index is 1550. The fourth-order valence-corrected chi connectivity index (χ4v) is 5.68. The van der Waals surface area contributed by atoms with Gasteiger partial charge in [-0.15, -0.1) is 0 Å². The smallest absolute Gasteiger partial charge is 0.329 e. The molecule has 8 heteroatoms. The lowest BCUT2D eigenvalue weighted by Crippen LogP contribution is -2.38. The summed E-state index contributed by atoms with van der Waals surface area (Å²) in [5.74, 6) is -0.308. The Morgan fingerprint density at radius 2 is 1.81 bits per heavy atom. The number of carbonyl (C=O) groups excluding carboxylic acids is 1. The third-order valence-corrected chi connectivity index (χ3v) is 8.44. The van der Waals surface area contributed by atoms with Crippen LogP contribution in [-0.4, -0.2) is 28.6 Å². The Morgan fingerprint density at radius 3 is 2.49 bits per heavy atom. The third-order valence-electron chi connectivity index (χ3n) is 6.92. The summed E-state index contributed by atoms with van der Waals surface area (Å²) in [7, 11) is 0.516. The summed E-state index contributed by atoms with van der Waals surface area (Å²) in [4.78, 5) is 27.0. The van der Waals surface area contributed by atoms with Gasteiger partial charge in [-0.25, -0.2) is 9.00 Å². The zero-order valence-corrected chi connectivity index (χ0v) is 23.7. The van der Waals surface area contributed by atoms with E-state index in [-0.39, 0.29) is 24.1 Å². The minimum atomic E-state index is -1.51. The first-order chi connectivity index (χ1) is 17.4. The van der Waals surface area contributed by atoms with Crippen molar-refractivity contribution in [2.45, 2.75) is 78.1 Å². The molecule has 198 valence electrons. The van der Waals surface area contributed by atoms with Crippen LogP contribution in [0.1, 0.15) is 69.7 Å². The molecule has 0 aliphatic rings. The van der Waals surface area contributed by atoms with Crippen molar-refractivity contribution in [1.29, 1.82) is 0 Å². The number of benzene rings is 2. The van der Waals surface area contributed by atoms with Crippen molar-refractivity contribution in [3.8, 4) is 0 Å². The Hall–Kier alpha value is -3.13. The van der Waals surface area contributed by atoms with Crippen LogP contribution in [-0.2, 0) is 29.4 Å². The molecule has 1 N–H and O–H groups in total. The first kappa shape index (κ1) is 26.9. The van der Waals surface area contributed by atoms with Crippen molar-refractivity contribution < 1.29 is 9.00 Å². The van der Waals surface area contributed by atoms with Crippen LogP contribution in [0, 0.1) is 13.8 Å². The maximum absolute atomic E-state index is 14.0. The predicted molar refractivity (Wildman–Crippen MR) is 152 cm³/mol. The lowest BCUT2D eigenvalue weighted by atomic mass is 10.1. The number of hydrogen-bond acceptors (Lipinski definition) is 3. The molecule has 0 saturated heterocycles. The zero-order chi connectivity index (χ0) is 27.1. The summed E-state index contributed by atoms with van der Waals surface area (Å²) < 4.78 is 20.3.